The Bertz CT molecular complexity index is 646. The van der Waals surface area contributed by atoms with Crippen LogP contribution >= 0.6 is 12.3 Å². The average molecular weight is 299 g/mol. The van der Waals surface area contributed by atoms with Crippen molar-refractivity contribution in [1.82, 2.24) is 14.2 Å². The van der Waals surface area contributed by atoms with Gasteiger partial charge in [0.1, 0.15) is 0 Å². The molecule has 20 heavy (non-hydrogen) atoms. The minimum Gasteiger partial charge on any atom is -0.464 e. The molecule has 5 nitrogen and oxygen atoms in total. The molecule has 0 spiro atoms. The number of hydrogen-bond acceptors (Lipinski definition) is 5. The quantitative estimate of drug-likeness (QED) is 0.813. The first kappa shape index (κ1) is 14.4. The molecule has 0 atom stereocenters. The van der Waals surface area contributed by atoms with Gasteiger partial charge in [-0.3, -0.25) is 4.98 Å². The second-order valence-electron chi connectivity index (χ2n) is 3.86. The average Bonchev–Trinajstić information content (AvgIpc) is 2.91. The van der Waals surface area contributed by atoms with Crippen LogP contribution in [-0.2, 0) is 11.2 Å². The number of hydrogen-bond donors (Lipinski definition) is 0. The first-order valence-corrected chi connectivity index (χ1v) is 6.40. The van der Waals surface area contributed by atoms with Crippen LogP contribution < -0.4 is 0 Å². The summed E-state index contributed by atoms with van der Waals surface area (Å²) < 4.78 is 32.1. The molecule has 2 rings (SSSR count). The lowest BCUT2D eigenvalue weighted by Crippen LogP contribution is -2.02. The smallest absolute Gasteiger partial charge is 0.358 e. The summed E-state index contributed by atoms with van der Waals surface area (Å²) in [7, 11) is 1.19. The van der Waals surface area contributed by atoms with Gasteiger partial charge in [-0.1, -0.05) is 6.92 Å². The summed E-state index contributed by atoms with van der Waals surface area (Å²) in [5, 5.41) is 3.72. The molecule has 0 aliphatic carbocycles. The van der Waals surface area contributed by atoms with Crippen molar-refractivity contribution in [1.29, 1.82) is 0 Å². The van der Waals surface area contributed by atoms with Gasteiger partial charge in [0.25, 0.3) is 0 Å². The third-order valence-corrected chi connectivity index (χ3v) is 3.10. The Balaban J connectivity index is 2.56. The van der Waals surface area contributed by atoms with E-state index in [4.69, 9.17) is 0 Å². The maximum atomic E-state index is 13.8. The molecule has 0 unspecified atom stereocenters. The highest BCUT2D eigenvalue weighted by molar-refractivity contribution is 7.92. The zero-order chi connectivity index (χ0) is 14.7. The van der Waals surface area contributed by atoms with E-state index in [1.165, 1.54) is 19.2 Å². The number of nitrogens with zero attached hydrogens (tertiary/aromatic N) is 3. The Kier molecular flexibility index (Phi) is 4.33. The summed E-state index contributed by atoms with van der Waals surface area (Å²) in [5.41, 5.74) is 0.816. The molecular weight excluding hydrogens is 288 g/mol. The van der Waals surface area contributed by atoms with E-state index in [0.717, 1.165) is 10.3 Å². The fraction of sp³-hybridized carbons (Fsp3) is 0.250. The van der Waals surface area contributed by atoms with Crippen LogP contribution in [0.1, 0.15) is 23.1 Å². The van der Waals surface area contributed by atoms with Crippen LogP contribution in [0.15, 0.2) is 18.3 Å². The number of ether oxygens (including phenoxy) is 1. The van der Waals surface area contributed by atoms with E-state index < -0.39 is 11.8 Å². The maximum absolute atomic E-state index is 13.8. The van der Waals surface area contributed by atoms with Crippen LogP contribution in [-0.4, -0.2) is 27.2 Å². The van der Waals surface area contributed by atoms with E-state index in [2.05, 4.69) is 14.8 Å². The van der Waals surface area contributed by atoms with Crippen LogP contribution in [0.3, 0.4) is 0 Å². The molecule has 0 fully saturated rings. The molecular formula is C12H11F2N3O2S. The van der Waals surface area contributed by atoms with Crippen molar-refractivity contribution < 1.29 is 17.8 Å². The van der Waals surface area contributed by atoms with Gasteiger partial charge in [0.05, 0.1) is 19.0 Å². The van der Waals surface area contributed by atoms with E-state index in [1.807, 2.05) is 6.92 Å². The summed E-state index contributed by atoms with van der Waals surface area (Å²) in [4.78, 5) is 15.3. The van der Waals surface area contributed by atoms with Gasteiger partial charge in [0.15, 0.2) is 23.8 Å². The number of esters is 1. The first-order chi connectivity index (χ1) is 9.60. The van der Waals surface area contributed by atoms with Crippen molar-refractivity contribution in [2.45, 2.75) is 13.3 Å². The largest absolute Gasteiger partial charge is 0.464 e. The summed E-state index contributed by atoms with van der Waals surface area (Å²) in [6, 6.07) is 2.77. The lowest BCUT2D eigenvalue weighted by Gasteiger charge is -2.04. The fourth-order valence-electron chi connectivity index (χ4n) is 1.67. The summed E-state index contributed by atoms with van der Waals surface area (Å²) in [6.07, 6.45) is 1.67. The number of rotatable bonds is 4. The van der Waals surface area contributed by atoms with Crippen molar-refractivity contribution in [3.05, 3.63) is 35.5 Å². The van der Waals surface area contributed by atoms with Gasteiger partial charge in [0.2, 0.25) is 0 Å². The van der Waals surface area contributed by atoms with Gasteiger partial charge in [-0.15, -0.1) is 3.89 Å². The van der Waals surface area contributed by atoms with Gasteiger partial charge in [-0.2, -0.15) is 9.19 Å². The molecule has 0 saturated carbocycles. The first-order valence-electron chi connectivity index (χ1n) is 5.73. The van der Waals surface area contributed by atoms with Gasteiger partial charge >= 0.3 is 5.97 Å². The van der Waals surface area contributed by atoms with Crippen LogP contribution in [0, 0.1) is 5.82 Å². The third kappa shape index (κ3) is 2.64. The number of aromatic nitrogens is 3. The third-order valence-electron chi connectivity index (χ3n) is 2.69. The molecule has 0 aliphatic heterocycles. The molecule has 0 aromatic carbocycles. The SMILES string of the molecule is CCc1cc(-c2cc(C(=O)OC)nn2SF)c(F)cn1. The minimum atomic E-state index is -0.718. The predicted molar refractivity (Wildman–Crippen MR) is 70.2 cm³/mol. The number of methoxy groups -OCH3 is 1. The number of aryl methyl sites for hydroxylation is 1. The molecule has 2 aromatic heterocycles. The number of carbonyl (C=O) groups excluding carboxylic acids is 1. The van der Waals surface area contributed by atoms with E-state index in [9.17, 15) is 13.1 Å². The van der Waals surface area contributed by atoms with Gasteiger partial charge < -0.3 is 4.74 Å². The maximum Gasteiger partial charge on any atom is 0.358 e. The van der Waals surface area contributed by atoms with E-state index in [1.54, 1.807) is 0 Å². The minimum absolute atomic E-state index is 0.0955. The molecule has 0 aliphatic rings. The molecule has 0 amide bonds. The second kappa shape index (κ2) is 6.00. The molecule has 0 radical (unpaired) electrons. The Hall–Kier alpha value is -1.96. The monoisotopic (exact) mass is 299 g/mol. The summed E-state index contributed by atoms with van der Waals surface area (Å²) in [5.74, 6) is -1.34. The van der Waals surface area contributed by atoms with Crippen molar-refractivity contribution >= 4 is 18.3 Å². The molecule has 0 bridgehead atoms. The predicted octanol–water partition coefficient (Wildman–Crippen LogP) is 2.81. The lowest BCUT2D eigenvalue weighted by molar-refractivity contribution is 0.0594. The fourth-order valence-corrected chi connectivity index (χ4v) is 2.02. The highest BCUT2D eigenvalue weighted by Gasteiger charge is 2.19. The second-order valence-corrected chi connectivity index (χ2v) is 4.34. The Morgan fingerprint density at radius 1 is 1.50 bits per heavy atom. The summed E-state index contributed by atoms with van der Waals surface area (Å²) >= 11 is -0.228. The molecule has 0 N–H and O–H groups in total. The van der Waals surface area contributed by atoms with Gasteiger partial charge in [-0.05, 0) is 12.5 Å². The van der Waals surface area contributed by atoms with Crippen molar-refractivity contribution in [3.63, 3.8) is 0 Å². The van der Waals surface area contributed by atoms with Crippen molar-refractivity contribution in [2.75, 3.05) is 7.11 Å². The van der Waals surface area contributed by atoms with E-state index >= 15 is 0 Å². The topological polar surface area (TPSA) is 57.0 Å². The van der Waals surface area contributed by atoms with Crippen molar-refractivity contribution in [2.24, 2.45) is 0 Å². The van der Waals surface area contributed by atoms with Gasteiger partial charge in [-0.25, -0.2) is 9.18 Å². The highest BCUT2D eigenvalue weighted by Crippen LogP contribution is 2.27. The molecule has 0 saturated heterocycles. The van der Waals surface area contributed by atoms with Crippen LogP contribution in [0.2, 0.25) is 0 Å². The molecule has 8 heteroatoms. The Morgan fingerprint density at radius 3 is 2.85 bits per heavy atom. The number of carbonyl (C=O) groups is 1. The normalized spacial score (nSPS) is 10.6. The standard InChI is InChI=1S/C12H11F2N3O2S/c1-3-7-4-8(9(13)6-15-7)11-5-10(12(18)19-2)16-17(11)20-14/h4-6H,3H2,1-2H3. The number of pyridine rings is 1. The zero-order valence-corrected chi connectivity index (χ0v) is 11.6. The molecule has 2 heterocycles. The number of halogens is 2. The molecule has 2 aromatic rings. The van der Waals surface area contributed by atoms with E-state index in [0.29, 0.717) is 12.1 Å². The lowest BCUT2D eigenvalue weighted by atomic mass is 10.1. The van der Waals surface area contributed by atoms with Crippen LogP contribution in [0.25, 0.3) is 11.3 Å². The Morgan fingerprint density at radius 2 is 2.25 bits per heavy atom. The van der Waals surface area contributed by atoms with Gasteiger partial charge in [0, 0.05) is 17.3 Å². The summed E-state index contributed by atoms with van der Waals surface area (Å²) in [6.45, 7) is 1.87. The Labute approximate surface area is 118 Å². The highest BCUT2D eigenvalue weighted by atomic mass is 32.2. The van der Waals surface area contributed by atoms with Crippen LogP contribution in [0.5, 0.6) is 0 Å². The van der Waals surface area contributed by atoms with Crippen LogP contribution in [0.4, 0.5) is 8.28 Å². The zero-order valence-electron chi connectivity index (χ0n) is 10.8. The van der Waals surface area contributed by atoms with Crippen molar-refractivity contribution in [3.8, 4) is 11.3 Å². The van der Waals surface area contributed by atoms with E-state index in [-0.39, 0.29) is 29.3 Å². The molecule has 106 valence electrons.